The zero-order chi connectivity index (χ0) is 9.97. The fourth-order valence-electron chi connectivity index (χ4n) is 1.92. The van der Waals surface area contributed by atoms with Gasteiger partial charge in [0.1, 0.15) is 0 Å². The second kappa shape index (κ2) is 3.98. The van der Waals surface area contributed by atoms with Crippen LogP contribution in [0.3, 0.4) is 0 Å². The Hall–Kier alpha value is -1.07. The molecule has 1 aromatic rings. The van der Waals surface area contributed by atoms with Gasteiger partial charge in [0.25, 0.3) is 0 Å². The van der Waals surface area contributed by atoms with Crippen LogP contribution in [-0.4, -0.2) is 28.2 Å². The summed E-state index contributed by atoms with van der Waals surface area (Å²) in [6.45, 7) is 1.88. The van der Waals surface area contributed by atoms with E-state index in [-0.39, 0.29) is 11.6 Å². The van der Waals surface area contributed by atoms with Gasteiger partial charge in [-0.15, -0.1) is 0 Å². The zero-order valence-electron chi connectivity index (χ0n) is 7.92. The molecule has 1 aliphatic heterocycles. The summed E-state index contributed by atoms with van der Waals surface area (Å²) in [6, 6.07) is 0. The van der Waals surface area contributed by atoms with Gasteiger partial charge in [0.05, 0.1) is 11.8 Å². The number of aromatic amines is 2. The third-order valence-corrected chi connectivity index (χ3v) is 2.77. The largest absolute Gasteiger partial charge is 0.387 e. The minimum atomic E-state index is -0.545. The molecule has 2 heterocycles. The normalized spacial score (nSPS) is 20.9. The van der Waals surface area contributed by atoms with E-state index in [0.29, 0.717) is 5.69 Å². The number of aliphatic hydroxyl groups is 1. The summed E-state index contributed by atoms with van der Waals surface area (Å²) in [7, 11) is 0. The number of H-pyrrole nitrogens is 2. The summed E-state index contributed by atoms with van der Waals surface area (Å²) in [4.78, 5) is 15.9. The lowest BCUT2D eigenvalue weighted by atomic mass is 9.91. The van der Waals surface area contributed by atoms with Gasteiger partial charge in [0.2, 0.25) is 0 Å². The molecule has 1 aromatic heterocycles. The van der Waals surface area contributed by atoms with Gasteiger partial charge < -0.3 is 20.4 Å². The quantitative estimate of drug-likeness (QED) is 0.527. The third kappa shape index (κ3) is 1.88. The van der Waals surface area contributed by atoms with E-state index >= 15 is 0 Å². The number of hydrogen-bond donors (Lipinski definition) is 4. The van der Waals surface area contributed by atoms with Crippen molar-refractivity contribution >= 4 is 0 Å². The van der Waals surface area contributed by atoms with Crippen molar-refractivity contribution in [3.63, 3.8) is 0 Å². The van der Waals surface area contributed by atoms with E-state index in [1.165, 1.54) is 0 Å². The lowest BCUT2D eigenvalue weighted by Gasteiger charge is -2.26. The molecule has 0 saturated carbocycles. The minimum absolute atomic E-state index is 0.252. The number of aliphatic hydroxyl groups excluding tert-OH is 1. The summed E-state index contributed by atoms with van der Waals surface area (Å²) in [5.74, 6) is 0.252. The van der Waals surface area contributed by atoms with Crippen molar-refractivity contribution in [2.45, 2.75) is 18.9 Å². The second-order valence-corrected chi connectivity index (χ2v) is 3.73. The smallest absolute Gasteiger partial charge is 0.323 e. The van der Waals surface area contributed by atoms with Crippen LogP contribution < -0.4 is 11.0 Å². The molecule has 0 aromatic carbocycles. The molecule has 5 nitrogen and oxygen atoms in total. The van der Waals surface area contributed by atoms with Gasteiger partial charge in [-0.3, -0.25) is 0 Å². The summed E-state index contributed by atoms with van der Waals surface area (Å²) < 4.78 is 0. The number of piperidine rings is 1. The van der Waals surface area contributed by atoms with Crippen LogP contribution in [0.1, 0.15) is 24.6 Å². The monoisotopic (exact) mass is 197 g/mol. The minimum Gasteiger partial charge on any atom is -0.387 e. The molecule has 0 amide bonds. The van der Waals surface area contributed by atoms with Gasteiger partial charge in [-0.1, -0.05) is 0 Å². The van der Waals surface area contributed by atoms with Crippen molar-refractivity contribution in [1.29, 1.82) is 0 Å². The molecular weight excluding hydrogens is 182 g/mol. The Balaban J connectivity index is 2.06. The molecule has 1 aliphatic rings. The molecule has 0 aliphatic carbocycles. The van der Waals surface area contributed by atoms with Gasteiger partial charge in [-0.2, -0.15) is 0 Å². The fraction of sp³-hybridized carbons (Fsp3) is 0.667. The first-order chi connectivity index (χ1) is 6.77. The standard InChI is InChI=1S/C9H15N3O2/c13-8(6-1-3-10-4-2-6)7-5-11-9(14)12-7/h5-6,8,10,13H,1-4H2,(H2,11,12,14). The molecule has 14 heavy (non-hydrogen) atoms. The van der Waals surface area contributed by atoms with Gasteiger partial charge in [-0.25, -0.2) is 4.79 Å². The highest BCUT2D eigenvalue weighted by molar-refractivity contribution is 5.01. The second-order valence-electron chi connectivity index (χ2n) is 3.73. The Morgan fingerprint density at radius 3 is 2.71 bits per heavy atom. The summed E-state index contributed by atoms with van der Waals surface area (Å²) in [5, 5.41) is 13.2. The van der Waals surface area contributed by atoms with Crippen LogP contribution >= 0.6 is 0 Å². The number of imidazole rings is 1. The first-order valence-electron chi connectivity index (χ1n) is 4.94. The van der Waals surface area contributed by atoms with Crippen LogP contribution in [0.15, 0.2) is 11.0 Å². The maximum absolute atomic E-state index is 10.8. The first kappa shape index (κ1) is 9.48. The van der Waals surface area contributed by atoms with E-state index in [1.807, 2.05) is 0 Å². The highest BCUT2D eigenvalue weighted by atomic mass is 16.3. The van der Waals surface area contributed by atoms with Crippen molar-refractivity contribution in [2.75, 3.05) is 13.1 Å². The van der Waals surface area contributed by atoms with Crippen LogP contribution in [-0.2, 0) is 0 Å². The highest BCUT2D eigenvalue weighted by Gasteiger charge is 2.23. The Kier molecular flexibility index (Phi) is 2.69. The lowest BCUT2D eigenvalue weighted by Crippen LogP contribution is -2.31. The third-order valence-electron chi connectivity index (χ3n) is 2.77. The van der Waals surface area contributed by atoms with Crippen molar-refractivity contribution in [1.82, 2.24) is 15.3 Å². The molecule has 1 saturated heterocycles. The number of hydrogen-bond acceptors (Lipinski definition) is 3. The molecule has 1 fully saturated rings. The Morgan fingerprint density at radius 1 is 1.43 bits per heavy atom. The maximum atomic E-state index is 10.8. The average molecular weight is 197 g/mol. The van der Waals surface area contributed by atoms with Crippen LogP contribution in [0.4, 0.5) is 0 Å². The molecule has 1 unspecified atom stereocenters. The maximum Gasteiger partial charge on any atom is 0.323 e. The Morgan fingerprint density at radius 2 is 2.14 bits per heavy atom. The molecule has 78 valence electrons. The van der Waals surface area contributed by atoms with Crippen molar-refractivity contribution < 1.29 is 5.11 Å². The Bertz CT molecular complexity index is 338. The van der Waals surface area contributed by atoms with E-state index in [0.717, 1.165) is 25.9 Å². The van der Waals surface area contributed by atoms with Crippen molar-refractivity contribution in [2.24, 2.45) is 5.92 Å². The Labute approximate surface area is 81.5 Å². The van der Waals surface area contributed by atoms with Crippen molar-refractivity contribution in [3.05, 3.63) is 22.4 Å². The lowest BCUT2D eigenvalue weighted by molar-refractivity contribution is 0.0854. The number of aromatic nitrogens is 2. The molecule has 2 rings (SSSR count). The van der Waals surface area contributed by atoms with E-state index < -0.39 is 6.10 Å². The molecule has 0 bridgehead atoms. The summed E-state index contributed by atoms with van der Waals surface area (Å²) in [5.41, 5.74) is 0.342. The average Bonchev–Trinajstić information content (AvgIpc) is 2.65. The van der Waals surface area contributed by atoms with Gasteiger partial charge in [0, 0.05) is 6.20 Å². The van der Waals surface area contributed by atoms with Crippen LogP contribution in [0, 0.1) is 5.92 Å². The zero-order valence-corrected chi connectivity index (χ0v) is 7.92. The SMILES string of the molecule is O=c1[nH]cc(C(O)C2CCNCC2)[nH]1. The van der Waals surface area contributed by atoms with Crippen LogP contribution in [0.2, 0.25) is 0 Å². The molecule has 4 N–H and O–H groups in total. The summed E-state index contributed by atoms with van der Waals surface area (Å²) in [6.07, 6.45) is 2.91. The fourth-order valence-corrected chi connectivity index (χ4v) is 1.92. The van der Waals surface area contributed by atoms with E-state index in [2.05, 4.69) is 15.3 Å². The summed E-state index contributed by atoms with van der Waals surface area (Å²) >= 11 is 0. The molecule has 0 radical (unpaired) electrons. The molecule has 1 atom stereocenters. The predicted molar refractivity (Wildman–Crippen MR) is 52.0 cm³/mol. The topological polar surface area (TPSA) is 80.9 Å². The van der Waals surface area contributed by atoms with Crippen LogP contribution in [0.25, 0.3) is 0 Å². The van der Waals surface area contributed by atoms with E-state index in [4.69, 9.17) is 0 Å². The highest BCUT2D eigenvalue weighted by Crippen LogP contribution is 2.26. The van der Waals surface area contributed by atoms with Crippen molar-refractivity contribution in [3.8, 4) is 0 Å². The number of nitrogens with one attached hydrogen (secondary N) is 3. The van der Waals surface area contributed by atoms with E-state index in [9.17, 15) is 9.90 Å². The molecule has 5 heteroatoms. The predicted octanol–water partition coefficient (Wildman–Crippen LogP) is -0.264. The van der Waals surface area contributed by atoms with Gasteiger partial charge >= 0.3 is 5.69 Å². The molecule has 0 spiro atoms. The van der Waals surface area contributed by atoms with Crippen LogP contribution in [0.5, 0.6) is 0 Å². The van der Waals surface area contributed by atoms with Gasteiger partial charge in [0.15, 0.2) is 0 Å². The van der Waals surface area contributed by atoms with E-state index in [1.54, 1.807) is 6.20 Å². The molecular formula is C9H15N3O2. The number of rotatable bonds is 2. The first-order valence-corrected chi connectivity index (χ1v) is 4.94. The van der Waals surface area contributed by atoms with Gasteiger partial charge in [-0.05, 0) is 31.8 Å².